The predicted octanol–water partition coefficient (Wildman–Crippen LogP) is 3.84. The summed E-state index contributed by atoms with van der Waals surface area (Å²) in [6.45, 7) is -3.17. The highest BCUT2D eigenvalue weighted by molar-refractivity contribution is 9.10. The van der Waals surface area contributed by atoms with Crippen LogP contribution in [0.2, 0.25) is 0 Å². The van der Waals surface area contributed by atoms with Crippen molar-refractivity contribution in [2.75, 3.05) is 0 Å². The number of alkyl halides is 2. The maximum atomic E-state index is 14.3. The molecule has 0 radical (unpaired) electrons. The number of hydrogen-bond acceptors (Lipinski definition) is 3. The first-order valence-corrected chi connectivity index (χ1v) is 7.69. The Hall–Kier alpha value is -1.37. The van der Waals surface area contributed by atoms with Crippen molar-refractivity contribution in [3.05, 3.63) is 28.0 Å². The summed E-state index contributed by atoms with van der Waals surface area (Å²) in [6.07, 6.45) is 1.67. The molecule has 1 aromatic rings. The highest BCUT2D eigenvalue weighted by atomic mass is 79.9. The Morgan fingerprint density at radius 1 is 1.14 bits per heavy atom. The zero-order chi connectivity index (χ0) is 16.0. The lowest BCUT2D eigenvalue weighted by molar-refractivity contribution is -0.136. The molecule has 0 aliphatic heterocycles. The van der Waals surface area contributed by atoms with Gasteiger partial charge in [-0.25, -0.2) is 4.39 Å². The minimum atomic E-state index is -3.17. The van der Waals surface area contributed by atoms with E-state index in [1.54, 1.807) is 0 Å². The molecule has 2 unspecified atom stereocenters. The summed E-state index contributed by atoms with van der Waals surface area (Å²) in [7, 11) is 0. The van der Waals surface area contributed by atoms with Crippen LogP contribution in [0.4, 0.5) is 13.2 Å². The molecular formula is C15H12BrF3O3. The average Bonchev–Trinajstić information content (AvgIpc) is 2.85. The Kier molecular flexibility index (Phi) is 4.01. The Morgan fingerprint density at radius 2 is 1.73 bits per heavy atom. The van der Waals surface area contributed by atoms with E-state index in [0.29, 0.717) is 19.3 Å². The van der Waals surface area contributed by atoms with Gasteiger partial charge in [0, 0.05) is 21.9 Å². The van der Waals surface area contributed by atoms with E-state index in [4.69, 9.17) is 0 Å². The predicted molar refractivity (Wildman–Crippen MR) is 74.3 cm³/mol. The Balaban J connectivity index is 2.10. The van der Waals surface area contributed by atoms with E-state index in [9.17, 15) is 22.8 Å². The molecule has 3 rings (SSSR count). The summed E-state index contributed by atoms with van der Waals surface area (Å²) in [5.41, 5.74) is -0.366. The second-order valence-electron chi connectivity index (χ2n) is 5.62. The van der Waals surface area contributed by atoms with Crippen LogP contribution in [0.25, 0.3) is 0 Å². The van der Waals surface area contributed by atoms with Crippen molar-refractivity contribution in [3.8, 4) is 5.75 Å². The molecule has 0 saturated heterocycles. The van der Waals surface area contributed by atoms with Gasteiger partial charge >= 0.3 is 6.61 Å². The van der Waals surface area contributed by atoms with E-state index in [1.807, 2.05) is 0 Å². The lowest BCUT2D eigenvalue weighted by Gasteiger charge is -2.27. The van der Waals surface area contributed by atoms with Crippen molar-refractivity contribution in [1.82, 2.24) is 0 Å². The molecule has 0 N–H and O–H groups in total. The van der Waals surface area contributed by atoms with Gasteiger partial charge in [-0.05, 0) is 31.4 Å². The zero-order valence-corrected chi connectivity index (χ0v) is 12.9. The number of ether oxygens (including phenoxy) is 1. The highest BCUT2D eigenvalue weighted by Crippen LogP contribution is 2.46. The van der Waals surface area contributed by atoms with Crippen LogP contribution in [0.3, 0.4) is 0 Å². The van der Waals surface area contributed by atoms with Gasteiger partial charge in [0.25, 0.3) is 0 Å². The number of benzene rings is 1. The van der Waals surface area contributed by atoms with Crippen LogP contribution >= 0.6 is 15.9 Å². The van der Waals surface area contributed by atoms with Gasteiger partial charge in [0.2, 0.25) is 0 Å². The molecule has 2 aliphatic rings. The Bertz CT molecular complexity index is 625. The van der Waals surface area contributed by atoms with Gasteiger partial charge in [-0.2, -0.15) is 8.78 Å². The lowest BCUT2D eigenvalue weighted by atomic mass is 9.75. The number of hydrogen-bond donors (Lipinski definition) is 0. The van der Waals surface area contributed by atoms with Gasteiger partial charge in [-0.15, -0.1) is 0 Å². The number of ketones is 2. The number of rotatable bonds is 3. The fraction of sp³-hybridized carbons (Fsp3) is 0.467. The van der Waals surface area contributed by atoms with Crippen LogP contribution in [0.1, 0.15) is 30.7 Å². The minimum Gasteiger partial charge on any atom is -0.434 e. The lowest BCUT2D eigenvalue weighted by Crippen LogP contribution is -2.35. The van der Waals surface area contributed by atoms with E-state index in [0.717, 1.165) is 12.1 Å². The largest absolute Gasteiger partial charge is 0.434 e. The van der Waals surface area contributed by atoms with E-state index < -0.39 is 24.1 Å². The van der Waals surface area contributed by atoms with Crippen LogP contribution in [0, 0.1) is 17.7 Å². The van der Waals surface area contributed by atoms with Crippen LogP contribution in [-0.4, -0.2) is 18.2 Å². The Labute approximate surface area is 133 Å². The van der Waals surface area contributed by atoms with Crippen molar-refractivity contribution in [2.45, 2.75) is 31.8 Å². The van der Waals surface area contributed by atoms with Crippen LogP contribution in [0.5, 0.6) is 5.75 Å². The molecule has 2 aliphatic carbocycles. The molecule has 7 heteroatoms. The van der Waals surface area contributed by atoms with Crippen molar-refractivity contribution >= 4 is 27.5 Å². The highest BCUT2D eigenvalue weighted by Gasteiger charge is 2.49. The smallest absolute Gasteiger partial charge is 0.387 e. The molecular weight excluding hydrogens is 365 g/mol. The molecule has 22 heavy (non-hydrogen) atoms. The first-order valence-electron chi connectivity index (χ1n) is 6.89. The topological polar surface area (TPSA) is 43.4 Å². The van der Waals surface area contributed by atoms with E-state index in [-0.39, 0.29) is 33.4 Å². The van der Waals surface area contributed by atoms with Crippen molar-refractivity contribution in [3.63, 3.8) is 0 Å². The van der Waals surface area contributed by atoms with E-state index in [1.165, 1.54) is 0 Å². The summed E-state index contributed by atoms with van der Waals surface area (Å²) in [4.78, 5) is 24.9. The third-order valence-electron chi connectivity index (χ3n) is 4.37. The molecule has 0 aromatic heterocycles. The molecule has 118 valence electrons. The van der Waals surface area contributed by atoms with Crippen LogP contribution < -0.4 is 4.74 Å². The van der Waals surface area contributed by atoms with Crippen LogP contribution in [-0.2, 0) is 9.59 Å². The third-order valence-corrected chi connectivity index (χ3v) is 4.83. The second-order valence-corrected chi connectivity index (χ2v) is 6.54. The standard InChI is InChI=1S/C15H12BrF3O3/c16-8-4-9(17)11(10(5-8)22-15(18)19)12-13(20)6-1-2-7(3-6)14(12)21/h4-7,12,15H,1-3H2. The molecule has 0 spiro atoms. The first-order chi connectivity index (χ1) is 10.4. The third kappa shape index (κ3) is 2.55. The normalized spacial score (nSPS) is 27.6. The number of carbonyl (C=O) groups is 2. The van der Waals surface area contributed by atoms with Gasteiger partial charge in [0.15, 0.2) is 11.6 Å². The van der Waals surface area contributed by atoms with Crippen molar-refractivity contribution in [1.29, 1.82) is 0 Å². The van der Waals surface area contributed by atoms with E-state index >= 15 is 0 Å². The average molecular weight is 377 g/mol. The second kappa shape index (κ2) is 5.68. The number of halogens is 4. The minimum absolute atomic E-state index is 0.197. The molecule has 0 heterocycles. The molecule has 1 aromatic carbocycles. The summed E-state index contributed by atoms with van der Waals surface area (Å²) in [5.74, 6) is -4.07. The van der Waals surface area contributed by atoms with Gasteiger partial charge < -0.3 is 4.74 Å². The zero-order valence-electron chi connectivity index (χ0n) is 11.3. The summed E-state index contributed by atoms with van der Waals surface area (Å²) in [5, 5.41) is 0. The number of Topliss-reactive ketones (excluding diaryl/α,β-unsaturated/α-hetero) is 2. The van der Waals surface area contributed by atoms with Gasteiger partial charge in [-0.1, -0.05) is 15.9 Å². The summed E-state index contributed by atoms with van der Waals surface area (Å²) >= 11 is 2.99. The molecule has 2 bridgehead atoms. The molecule has 2 saturated carbocycles. The fourth-order valence-corrected chi connectivity index (χ4v) is 3.84. The van der Waals surface area contributed by atoms with E-state index in [2.05, 4.69) is 20.7 Å². The van der Waals surface area contributed by atoms with Gasteiger partial charge in [0.05, 0.1) is 0 Å². The Morgan fingerprint density at radius 3 is 2.27 bits per heavy atom. The van der Waals surface area contributed by atoms with Crippen molar-refractivity contribution < 1.29 is 27.5 Å². The quantitative estimate of drug-likeness (QED) is 0.752. The monoisotopic (exact) mass is 376 g/mol. The van der Waals surface area contributed by atoms with Gasteiger partial charge in [0.1, 0.15) is 17.5 Å². The van der Waals surface area contributed by atoms with Crippen molar-refractivity contribution in [2.24, 2.45) is 11.8 Å². The maximum Gasteiger partial charge on any atom is 0.387 e. The molecule has 0 amide bonds. The molecule has 3 nitrogen and oxygen atoms in total. The molecule has 2 atom stereocenters. The maximum absolute atomic E-state index is 14.3. The van der Waals surface area contributed by atoms with Crippen LogP contribution in [0.15, 0.2) is 16.6 Å². The number of carbonyl (C=O) groups excluding carboxylic acids is 2. The summed E-state index contributed by atoms with van der Waals surface area (Å²) < 4.78 is 44.0. The number of fused-ring (bicyclic) bond motifs is 2. The fourth-order valence-electron chi connectivity index (χ4n) is 3.43. The molecule has 2 fully saturated rings. The summed E-state index contributed by atoms with van der Waals surface area (Å²) in [6, 6.07) is 2.20. The van der Waals surface area contributed by atoms with Gasteiger partial charge in [-0.3, -0.25) is 9.59 Å². The first kappa shape index (κ1) is 15.5. The SMILES string of the molecule is O=C1C2CCC(C2)C(=O)C1c1c(F)cc(Br)cc1OC(F)F.